The Bertz CT molecular complexity index is 699. The van der Waals surface area contributed by atoms with Crippen molar-refractivity contribution in [2.75, 3.05) is 13.1 Å². The van der Waals surface area contributed by atoms with Gasteiger partial charge >= 0.3 is 0 Å². The van der Waals surface area contributed by atoms with Crippen LogP contribution in [0, 0.1) is 6.92 Å². The van der Waals surface area contributed by atoms with E-state index in [1.54, 1.807) is 0 Å². The molecule has 1 unspecified atom stereocenters. The molecule has 0 bridgehead atoms. The average Bonchev–Trinajstić information content (AvgIpc) is 2.54. The van der Waals surface area contributed by atoms with Gasteiger partial charge in [-0.1, -0.05) is 46.3 Å². The van der Waals surface area contributed by atoms with Crippen molar-refractivity contribution < 1.29 is 4.79 Å². The number of halogens is 1. The monoisotopic (exact) mass is 358 g/mol. The van der Waals surface area contributed by atoms with Gasteiger partial charge < -0.3 is 10.6 Å². The molecule has 1 aliphatic heterocycles. The smallest absolute Gasteiger partial charge is 0.251 e. The Hall–Kier alpha value is -1.65. The summed E-state index contributed by atoms with van der Waals surface area (Å²) >= 11 is 3.42. The quantitative estimate of drug-likeness (QED) is 0.882. The Morgan fingerprint density at radius 3 is 3.00 bits per heavy atom. The first-order valence-corrected chi connectivity index (χ1v) is 8.30. The Kier molecular flexibility index (Phi) is 4.60. The van der Waals surface area contributed by atoms with Gasteiger partial charge in [0.25, 0.3) is 5.91 Å². The molecule has 0 fully saturated rings. The Morgan fingerprint density at radius 2 is 2.14 bits per heavy atom. The van der Waals surface area contributed by atoms with E-state index in [1.807, 2.05) is 25.1 Å². The standard InChI is InChI=1S/C18H19BrN2O/c1-12-6-7-14(19)10-16(12)18(22)21-11-17-15-5-3-2-4-13(15)8-9-20-17/h2-7,10,17,20H,8-9,11H2,1H3,(H,21,22). The summed E-state index contributed by atoms with van der Waals surface area (Å²) in [5.74, 6) is -0.0244. The lowest BCUT2D eigenvalue weighted by Gasteiger charge is -2.27. The molecule has 22 heavy (non-hydrogen) atoms. The zero-order valence-electron chi connectivity index (χ0n) is 12.5. The Morgan fingerprint density at radius 1 is 1.32 bits per heavy atom. The van der Waals surface area contributed by atoms with Gasteiger partial charge in [-0.15, -0.1) is 0 Å². The van der Waals surface area contributed by atoms with Crippen LogP contribution in [0.4, 0.5) is 0 Å². The molecule has 3 rings (SSSR count). The Balaban J connectivity index is 1.71. The molecule has 2 N–H and O–H groups in total. The molecule has 1 heterocycles. The van der Waals surface area contributed by atoms with E-state index in [1.165, 1.54) is 11.1 Å². The van der Waals surface area contributed by atoms with Crippen LogP contribution in [-0.4, -0.2) is 19.0 Å². The molecule has 3 nitrogen and oxygen atoms in total. The highest BCUT2D eigenvalue weighted by atomic mass is 79.9. The minimum Gasteiger partial charge on any atom is -0.350 e. The lowest BCUT2D eigenvalue weighted by molar-refractivity contribution is 0.0948. The lowest BCUT2D eigenvalue weighted by Crippen LogP contribution is -2.39. The van der Waals surface area contributed by atoms with E-state index in [-0.39, 0.29) is 11.9 Å². The molecule has 1 aliphatic rings. The van der Waals surface area contributed by atoms with Crippen molar-refractivity contribution in [3.05, 3.63) is 69.2 Å². The molecular weight excluding hydrogens is 340 g/mol. The molecular formula is C18H19BrN2O. The topological polar surface area (TPSA) is 41.1 Å². The number of fused-ring (bicyclic) bond motifs is 1. The molecule has 0 radical (unpaired) electrons. The SMILES string of the molecule is Cc1ccc(Br)cc1C(=O)NCC1NCCc2ccccc21. The van der Waals surface area contributed by atoms with Gasteiger partial charge in [0, 0.05) is 22.6 Å². The highest BCUT2D eigenvalue weighted by molar-refractivity contribution is 9.10. The van der Waals surface area contributed by atoms with Gasteiger partial charge in [-0.05, 0) is 48.7 Å². The number of rotatable bonds is 3. The molecule has 0 spiro atoms. The summed E-state index contributed by atoms with van der Waals surface area (Å²) < 4.78 is 0.921. The third-order valence-corrected chi connectivity index (χ3v) is 4.62. The summed E-state index contributed by atoms with van der Waals surface area (Å²) in [5, 5.41) is 6.54. The summed E-state index contributed by atoms with van der Waals surface area (Å²) in [4.78, 5) is 12.4. The summed E-state index contributed by atoms with van der Waals surface area (Å²) in [5.41, 5.74) is 4.37. The van der Waals surface area contributed by atoms with Crippen molar-refractivity contribution in [1.29, 1.82) is 0 Å². The van der Waals surface area contributed by atoms with E-state index >= 15 is 0 Å². The van der Waals surface area contributed by atoms with Crippen LogP contribution in [0.3, 0.4) is 0 Å². The van der Waals surface area contributed by atoms with Gasteiger partial charge in [0.1, 0.15) is 0 Å². The van der Waals surface area contributed by atoms with Crippen LogP contribution in [0.2, 0.25) is 0 Å². The second-order valence-corrected chi connectivity index (χ2v) is 6.54. The fourth-order valence-electron chi connectivity index (χ4n) is 2.90. The number of carbonyl (C=O) groups excluding carboxylic acids is 1. The van der Waals surface area contributed by atoms with Crippen LogP contribution in [0.5, 0.6) is 0 Å². The maximum atomic E-state index is 12.4. The zero-order chi connectivity index (χ0) is 15.5. The number of amides is 1. The van der Waals surface area contributed by atoms with Gasteiger partial charge in [0.2, 0.25) is 0 Å². The van der Waals surface area contributed by atoms with Crippen molar-refractivity contribution in [2.45, 2.75) is 19.4 Å². The van der Waals surface area contributed by atoms with Crippen LogP contribution in [0.15, 0.2) is 46.9 Å². The summed E-state index contributed by atoms with van der Waals surface area (Å²) in [7, 11) is 0. The molecule has 0 aromatic heterocycles. The van der Waals surface area contributed by atoms with Crippen molar-refractivity contribution in [3.63, 3.8) is 0 Å². The zero-order valence-corrected chi connectivity index (χ0v) is 14.1. The van der Waals surface area contributed by atoms with E-state index in [0.717, 1.165) is 28.6 Å². The highest BCUT2D eigenvalue weighted by Crippen LogP contribution is 2.22. The normalized spacial score (nSPS) is 16.9. The molecule has 1 atom stereocenters. The predicted octanol–water partition coefficient (Wildman–Crippen LogP) is 3.37. The number of hydrogen-bond acceptors (Lipinski definition) is 2. The first-order chi connectivity index (χ1) is 10.6. The van der Waals surface area contributed by atoms with Gasteiger partial charge in [-0.2, -0.15) is 0 Å². The highest BCUT2D eigenvalue weighted by Gasteiger charge is 2.20. The molecule has 0 aliphatic carbocycles. The molecule has 0 saturated carbocycles. The van der Waals surface area contributed by atoms with Crippen molar-refractivity contribution in [2.24, 2.45) is 0 Å². The molecule has 2 aromatic carbocycles. The fourth-order valence-corrected chi connectivity index (χ4v) is 3.26. The van der Waals surface area contributed by atoms with Crippen LogP contribution >= 0.6 is 15.9 Å². The second kappa shape index (κ2) is 6.63. The minimum atomic E-state index is -0.0244. The molecule has 2 aromatic rings. The predicted molar refractivity (Wildman–Crippen MR) is 92.1 cm³/mol. The van der Waals surface area contributed by atoms with E-state index in [2.05, 4.69) is 50.8 Å². The summed E-state index contributed by atoms with van der Waals surface area (Å²) in [6.45, 7) is 3.50. The maximum absolute atomic E-state index is 12.4. The summed E-state index contributed by atoms with van der Waals surface area (Å²) in [6, 6.07) is 14.4. The number of nitrogens with one attached hydrogen (secondary N) is 2. The van der Waals surface area contributed by atoms with E-state index in [4.69, 9.17) is 0 Å². The number of carbonyl (C=O) groups is 1. The number of hydrogen-bond donors (Lipinski definition) is 2. The van der Waals surface area contributed by atoms with Gasteiger partial charge in [-0.3, -0.25) is 4.79 Å². The average molecular weight is 359 g/mol. The van der Waals surface area contributed by atoms with Gasteiger partial charge in [0.15, 0.2) is 0 Å². The van der Waals surface area contributed by atoms with Crippen LogP contribution < -0.4 is 10.6 Å². The van der Waals surface area contributed by atoms with Gasteiger partial charge in [0.05, 0.1) is 0 Å². The van der Waals surface area contributed by atoms with E-state index in [9.17, 15) is 4.79 Å². The summed E-state index contributed by atoms with van der Waals surface area (Å²) in [6.07, 6.45) is 1.05. The number of benzene rings is 2. The molecule has 0 saturated heterocycles. The van der Waals surface area contributed by atoms with Crippen molar-refractivity contribution >= 4 is 21.8 Å². The number of aryl methyl sites for hydroxylation is 1. The van der Waals surface area contributed by atoms with Crippen molar-refractivity contribution in [3.8, 4) is 0 Å². The molecule has 1 amide bonds. The van der Waals surface area contributed by atoms with E-state index in [0.29, 0.717) is 6.54 Å². The first-order valence-electron chi connectivity index (χ1n) is 7.50. The minimum absolute atomic E-state index is 0.0244. The lowest BCUT2D eigenvalue weighted by atomic mass is 9.94. The largest absolute Gasteiger partial charge is 0.350 e. The maximum Gasteiger partial charge on any atom is 0.251 e. The van der Waals surface area contributed by atoms with Crippen LogP contribution in [0.1, 0.15) is 33.1 Å². The van der Waals surface area contributed by atoms with Crippen LogP contribution in [-0.2, 0) is 6.42 Å². The molecule has 114 valence electrons. The fraction of sp³-hybridized carbons (Fsp3) is 0.278. The van der Waals surface area contributed by atoms with Gasteiger partial charge in [-0.25, -0.2) is 0 Å². The Labute approximate surface area is 139 Å². The molecule has 4 heteroatoms. The second-order valence-electron chi connectivity index (χ2n) is 5.62. The third-order valence-electron chi connectivity index (χ3n) is 4.13. The first kappa shape index (κ1) is 15.3. The van der Waals surface area contributed by atoms with Crippen molar-refractivity contribution in [1.82, 2.24) is 10.6 Å². The van der Waals surface area contributed by atoms with E-state index < -0.39 is 0 Å². The third kappa shape index (κ3) is 3.23. The van der Waals surface area contributed by atoms with Crippen LogP contribution in [0.25, 0.3) is 0 Å².